The van der Waals surface area contributed by atoms with Crippen molar-refractivity contribution in [3.8, 4) is 5.75 Å². The van der Waals surface area contributed by atoms with Gasteiger partial charge in [0.25, 0.3) is 5.91 Å². The fraction of sp³-hybridized carbons (Fsp3) is 0.667. The van der Waals surface area contributed by atoms with Crippen molar-refractivity contribution in [2.24, 2.45) is 0 Å². The Morgan fingerprint density at radius 2 is 1.96 bits per heavy atom. The second kappa shape index (κ2) is 10.4. The SMILES string of the molecule is CCCC[C@](C)(OCCC)C(=O)Nc1ccc(O[C@@H](C)CC)c(C)c1. The number of unbranched alkanes of at least 4 members (excludes halogenated alkanes) is 1. The zero-order valence-electron chi connectivity index (χ0n) is 16.8. The van der Waals surface area contributed by atoms with Gasteiger partial charge in [-0.15, -0.1) is 0 Å². The molecule has 0 aliphatic rings. The van der Waals surface area contributed by atoms with Crippen LogP contribution in [0.2, 0.25) is 0 Å². The number of benzene rings is 1. The number of aryl methyl sites for hydroxylation is 1. The van der Waals surface area contributed by atoms with Crippen LogP contribution in [0.1, 0.15) is 72.3 Å². The van der Waals surface area contributed by atoms with E-state index in [0.29, 0.717) is 6.61 Å². The molecule has 0 unspecified atom stereocenters. The predicted molar refractivity (Wildman–Crippen MR) is 104 cm³/mol. The van der Waals surface area contributed by atoms with E-state index in [2.05, 4.69) is 33.0 Å². The summed E-state index contributed by atoms with van der Waals surface area (Å²) in [6, 6.07) is 5.77. The molecule has 1 aromatic rings. The molecule has 0 heterocycles. The van der Waals surface area contributed by atoms with E-state index in [0.717, 1.165) is 49.1 Å². The quantitative estimate of drug-likeness (QED) is 0.575. The lowest BCUT2D eigenvalue weighted by molar-refractivity contribution is -0.140. The Hall–Kier alpha value is -1.55. The van der Waals surface area contributed by atoms with Gasteiger partial charge < -0.3 is 14.8 Å². The lowest BCUT2D eigenvalue weighted by Crippen LogP contribution is -2.43. The summed E-state index contributed by atoms with van der Waals surface area (Å²) in [5.41, 5.74) is 1.01. The molecule has 0 bridgehead atoms. The van der Waals surface area contributed by atoms with Crippen LogP contribution in [-0.2, 0) is 9.53 Å². The number of nitrogens with one attached hydrogen (secondary N) is 1. The number of rotatable bonds is 11. The summed E-state index contributed by atoms with van der Waals surface area (Å²) >= 11 is 0. The van der Waals surface area contributed by atoms with Gasteiger partial charge in [-0.1, -0.05) is 33.6 Å². The second-order valence-electron chi connectivity index (χ2n) is 6.95. The molecule has 0 saturated carbocycles. The van der Waals surface area contributed by atoms with E-state index in [1.807, 2.05) is 32.0 Å². The number of amides is 1. The van der Waals surface area contributed by atoms with Gasteiger partial charge in [0.05, 0.1) is 6.10 Å². The normalized spacial score (nSPS) is 14.6. The summed E-state index contributed by atoms with van der Waals surface area (Å²) in [4.78, 5) is 12.8. The highest BCUT2D eigenvalue weighted by Gasteiger charge is 2.33. The summed E-state index contributed by atoms with van der Waals surface area (Å²) < 4.78 is 11.8. The molecule has 4 heteroatoms. The fourth-order valence-electron chi connectivity index (χ4n) is 2.52. The predicted octanol–water partition coefficient (Wildman–Crippen LogP) is 5.49. The number of hydrogen-bond acceptors (Lipinski definition) is 3. The maximum Gasteiger partial charge on any atom is 0.256 e. The van der Waals surface area contributed by atoms with E-state index in [-0.39, 0.29) is 12.0 Å². The molecular formula is C21H35NO3. The van der Waals surface area contributed by atoms with Gasteiger partial charge in [-0.3, -0.25) is 4.79 Å². The maximum atomic E-state index is 12.8. The first-order valence-electron chi connectivity index (χ1n) is 9.59. The number of ether oxygens (including phenoxy) is 2. The molecule has 25 heavy (non-hydrogen) atoms. The van der Waals surface area contributed by atoms with Crippen LogP contribution in [0.15, 0.2) is 18.2 Å². The third-order valence-corrected chi connectivity index (χ3v) is 4.45. The number of hydrogen-bond donors (Lipinski definition) is 1. The van der Waals surface area contributed by atoms with Crippen LogP contribution >= 0.6 is 0 Å². The first-order valence-corrected chi connectivity index (χ1v) is 9.59. The maximum absolute atomic E-state index is 12.8. The van der Waals surface area contributed by atoms with E-state index in [9.17, 15) is 4.79 Å². The van der Waals surface area contributed by atoms with Gasteiger partial charge >= 0.3 is 0 Å². The Balaban J connectivity index is 2.83. The first kappa shape index (κ1) is 21.5. The summed E-state index contributed by atoms with van der Waals surface area (Å²) in [5.74, 6) is 0.785. The van der Waals surface area contributed by atoms with Gasteiger partial charge in [0.1, 0.15) is 11.4 Å². The smallest absolute Gasteiger partial charge is 0.256 e. The number of carbonyl (C=O) groups excluding carboxylic acids is 1. The summed E-state index contributed by atoms with van der Waals surface area (Å²) in [5, 5.41) is 3.02. The topological polar surface area (TPSA) is 47.6 Å². The van der Waals surface area contributed by atoms with Crippen LogP contribution in [-0.4, -0.2) is 24.2 Å². The average molecular weight is 350 g/mol. The van der Waals surface area contributed by atoms with Gasteiger partial charge in [0, 0.05) is 12.3 Å². The fourth-order valence-corrected chi connectivity index (χ4v) is 2.52. The standard InChI is InChI=1S/C21H35NO3/c1-7-10-13-21(6,24-14-8-2)20(23)22-18-11-12-19(16(4)15-18)25-17(5)9-3/h11-12,15,17H,7-10,13-14H2,1-6H3,(H,22,23)/t17-,21-/m0/s1. The van der Waals surface area contributed by atoms with Gasteiger partial charge in [0.2, 0.25) is 0 Å². The average Bonchev–Trinajstić information content (AvgIpc) is 2.60. The third kappa shape index (κ3) is 6.69. The van der Waals surface area contributed by atoms with Gasteiger partial charge in [-0.2, -0.15) is 0 Å². The molecule has 0 radical (unpaired) electrons. The summed E-state index contributed by atoms with van der Waals surface area (Å²) in [6.07, 6.45) is 4.77. The van der Waals surface area contributed by atoms with Gasteiger partial charge in [-0.25, -0.2) is 0 Å². The van der Waals surface area contributed by atoms with Crippen LogP contribution in [0.5, 0.6) is 5.75 Å². The van der Waals surface area contributed by atoms with Gasteiger partial charge in [-0.05, 0) is 63.8 Å². The molecule has 0 aliphatic heterocycles. The molecule has 0 aromatic heterocycles. The molecule has 1 aromatic carbocycles. The highest BCUT2D eigenvalue weighted by Crippen LogP contribution is 2.26. The molecule has 1 rings (SSSR count). The molecule has 1 amide bonds. The van der Waals surface area contributed by atoms with Crippen LogP contribution in [0.25, 0.3) is 0 Å². The molecule has 0 saturated heterocycles. The van der Waals surface area contributed by atoms with E-state index >= 15 is 0 Å². The highest BCUT2D eigenvalue weighted by atomic mass is 16.5. The molecular weight excluding hydrogens is 314 g/mol. The van der Waals surface area contributed by atoms with Crippen molar-refractivity contribution in [3.63, 3.8) is 0 Å². The van der Waals surface area contributed by atoms with Crippen molar-refractivity contribution in [2.45, 2.75) is 85.4 Å². The Morgan fingerprint density at radius 3 is 2.52 bits per heavy atom. The Bertz CT molecular complexity index is 534. The number of carbonyl (C=O) groups is 1. The van der Waals surface area contributed by atoms with Crippen LogP contribution in [0.3, 0.4) is 0 Å². The monoisotopic (exact) mass is 349 g/mol. The Morgan fingerprint density at radius 1 is 1.24 bits per heavy atom. The van der Waals surface area contributed by atoms with Crippen LogP contribution in [0, 0.1) is 6.92 Å². The Kier molecular flexibility index (Phi) is 8.98. The van der Waals surface area contributed by atoms with Crippen molar-refractivity contribution >= 4 is 11.6 Å². The summed E-state index contributed by atoms with van der Waals surface area (Å²) in [7, 11) is 0. The zero-order chi connectivity index (χ0) is 18.9. The highest BCUT2D eigenvalue weighted by molar-refractivity contribution is 5.97. The van der Waals surface area contributed by atoms with Gasteiger partial charge in [0.15, 0.2) is 0 Å². The Labute approximate surface area is 153 Å². The molecule has 0 fully saturated rings. The zero-order valence-corrected chi connectivity index (χ0v) is 16.8. The van der Waals surface area contributed by atoms with E-state index < -0.39 is 5.60 Å². The first-order chi connectivity index (χ1) is 11.9. The molecule has 0 aliphatic carbocycles. The van der Waals surface area contributed by atoms with E-state index in [1.54, 1.807) is 0 Å². The van der Waals surface area contributed by atoms with Crippen molar-refractivity contribution < 1.29 is 14.3 Å². The number of anilines is 1. The second-order valence-corrected chi connectivity index (χ2v) is 6.95. The largest absolute Gasteiger partial charge is 0.490 e. The van der Waals surface area contributed by atoms with Crippen molar-refractivity contribution in [2.75, 3.05) is 11.9 Å². The minimum Gasteiger partial charge on any atom is -0.490 e. The molecule has 1 N–H and O–H groups in total. The molecule has 2 atom stereocenters. The molecule has 142 valence electrons. The van der Waals surface area contributed by atoms with Crippen molar-refractivity contribution in [1.29, 1.82) is 0 Å². The van der Waals surface area contributed by atoms with Crippen LogP contribution < -0.4 is 10.1 Å². The lowest BCUT2D eigenvalue weighted by Gasteiger charge is -2.28. The minimum absolute atomic E-state index is 0.0793. The summed E-state index contributed by atoms with van der Waals surface area (Å²) in [6.45, 7) is 12.8. The van der Waals surface area contributed by atoms with Crippen molar-refractivity contribution in [3.05, 3.63) is 23.8 Å². The third-order valence-electron chi connectivity index (χ3n) is 4.45. The van der Waals surface area contributed by atoms with E-state index in [1.165, 1.54) is 0 Å². The molecule has 4 nitrogen and oxygen atoms in total. The minimum atomic E-state index is -0.786. The lowest BCUT2D eigenvalue weighted by atomic mass is 9.97. The van der Waals surface area contributed by atoms with Crippen molar-refractivity contribution in [1.82, 2.24) is 0 Å². The van der Waals surface area contributed by atoms with Crippen LogP contribution in [0.4, 0.5) is 5.69 Å². The molecule has 0 spiro atoms. The van der Waals surface area contributed by atoms with E-state index in [4.69, 9.17) is 9.47 Å².